The second-order valence-electron chi connectivity index (χ2n) is 0.967. The summed E-state index contributed by atoms with van der Waals surface area (Å²) < 4.78 is 0. The lowest BCUT2D eigenvalue weighted by molar-refractivity contribution is 1.50. The smallest absolute Gasteiger partial charge is 0.280 e. The zero-order valence-corrected chi connectivity index (χ0v) is 8.04. The molecule has 1 fully saturated rings. The first kappa shape index (κ1) is 7.73. The van der Waals surface area contributed by atoms with Gasteiger partial charge in [0, 0.05) is 0 Å². The van der Waals surface area contributed by atoms with Gasteiger partial charge in [-0.1, -0.05) is 0 Å². The Balaban J connectivity index is 0.0000000833. The highest BCUT2D eigenvalue weighted by Gasteiger charge is 1.95. The first-order valence-corrected chi connectivity index (χ1v) is 9.65. The molecule has 0 atom stereocenters. The number of hydrogen-bond acceptors (Lipinski definition) is 0. The van der Waals surface area contributed by atoms with Gasteiger partial charge in [-0.2, -0.15) is 0 Å². The quantitative estimate of drug-likeness (QED) is 0.555. The van der Waals surface area contributed by atoms with Gasteiger partial charge in [0.1, 0.15) is 0 Å². The Kier molecular flexibility index (Phi) is 8.66. The maximum atomic E-state index is 3.20. The van der Waals surface area contributed by atoms with Gasteiger partial charge in [0.2, 0.25) is 0 Å². The van der Waals surface area contributed by atoms with E-state index in [2.05, 4.69) is 32.2 Å². The van der Waals surface area contributed by atoms with Gasteiger partial charge in [0.15, 0.2) is 0 Å². The standard InChI is InChI=1S/C3H5.2BrH.Mg/c1-2-3-1;;;/h1H,2-3H2;2*1H;/q;;;+2/p-2. The topological polar surface area (TPSA) is 0 Å². The third kappa shape index (κ3) is 17.2. The Bertz CT molecular complexity index is 20.0. The van der Waals surface area contributed by atoms with Gasteiger partial charge in [-0.3, -0.25) is 25.8 Å². The summed E-state index contributed by atoms with van der Waals surface area (Å²) in [6.45, 7) is 0. The predicted molar refractivity (Wildman–Crippen MR) is 37.1 cm³/mol. The Morgan fingerprint density at radius 1 is 1.33 bits per heavy atom. The summed E-state index contributed by atoms with van der Waals surface area (Å²) >= 11 is 6.44. The fraction of sp³-hybridized carbons (Fsp3) is 0.667. The molecule has 33 valence electrons. The molecule has 0 N–H and O–H groups in total. The SMILES string of the molecule is [Br][Mg][Br].[CH]1CC1. The molecule has 0 unspecified atom stereocenters. The number of hydrogen-bond donors (Lipinski definition) is 0. The van der Waals surface area contributed by atoms with Gasteiger partial charge in [-0.05, 0) is 19.3 Å². The summed E-state index contributed by atoms with van der Waals surface area (Å²) in [7, 11) is 0. The Morgan fingerprint density at radius 2 is 1.50 bits per heavy atom. The zero-order valence-electron chi connectivity index (χ0n) is 3.45. The van der Waals surface area contributed by atoms with Crippen molar-refractivity contribution >= 4 is 41.8 Å². The first-order chi connectivity index (χ1) is 2.91. The second-order valence-corrected chi connectivity index (χ2v) is 9.05. The molecular formula is C3H5Br2Mg. The zero-order chi connectivity index (χ0) is 4.83. The van der Waals surface area contributed by atoms with Crippen LogP contribution in [0, 0.1) is 6.42 Å². The monoisotopic (exact) mass is 223 g/mol. The highest BCUT2D eigenvalue weighted by Crippen LogP contribution is 2.12. The van der Waals surface area contributed by atoms with E-state index in [9.17, 15) is 0 Å². The van der Waals surface area contributed by atoms with E-state index in [1.165, 1.54) is 12.8 Å². The van der Waals surface area contributed by atoms with Crippen molar-refractivity contribution < 1.29 is 0 Å². The lowest BCUT2D eigenvalue weighted by atomic mass is 11.0. The first-order valence-electron chi connectivity index (χ1n) is 1.85. The summed E-state index contributed by atoms with van der Waals surface area (Å²) in [6.07, 6.45) is 5.00. The molecule has 1 aliphatic rings. The van der Waals surface area contributed by atoms with Crippen LogP contribution in [0.3, 0.4) is 0 Å². The Labute approximate surface area is 60.5 Å². The van der Waals surface area contributed by atoms with Gasteiger partial charge in [-0.25, -0.2) is 0 Å². The van der Waals surface area contributed by atoms with E-state index < -0.39 is 0 Å². The van der Waals surface area contributed by atoms with Crippen LogP contribution < -0.4 is 0 Å². The Morgan fingerprint density at radius 3 is 1.50 bits per heavy atom. The molecule has 0 spiro atoms. The molecular weight excluding hydrogens is 220 g/mol. The second kappa shape index (κ2) is 6.73. The van der Waals surface area contributed by atoms with Gasteiger partial charge in [0.05, 0.1) is 0 Å². The molecule has 0 aromatic rings. The average molecular weight is 225 g/mol. The molecule has 1 rings (SSSR count). The third-order valence-corrected chi connectivity index (χ3v) is 0.289. The maximum absolute atomic E-state index is 3.20. The lowest BCUT2D eigenvalue weighted by Crippen LogP contribution is -1.31. The van der Waals surface area contributed by atoms with Gasteiger partial charge >= 0.3 is 16.0 Å². The Hall–Kier alpha value is 1.73. The molecule has 0 aliphatic heterocycles. The van der Waals surface area contributed by atoms with Gasteiger partial charge in [-0.15, -0.1) is 0 Å². The number of halogens is 2. The summed E-state index contributed by atoms with van der Waals surface area (Å²) in [6, 6.07) is 0. The van der Waals surface area contributed by atoms with Crippen LogP contribution in [0.1, 0.15) is 12.8 Å². The molecule has 0 aromatic heterocycles. The summed E-state index contributed by atoms with van der Waals surface area (Å²) in [5, 5.41) is 0. The maximum Gasteiger partial charge on any atom is 0.560 e. The van der Waals surface area contributed by atoms with Gasteiger partial charge < -0.3 is 0 Å². The highest BCUT2D eigenvalue weighted by atomic mass is 79.9. The molecule has 3 heteroatoms. The van der Waals surface area contributed by atoms with Crippen molar-refractivity contribution in [2.75, 3.05) is 0 Å². The van der Waals surface area contributed by atoms with Gasteiger partial charge in [0.25, 0.3) is 0 Å². The van der Waals surface area contributed by atoms with Crippen molar-refractivity contribution in [2.24, 2.45) is 0 Å². The molecule has 1 saturated carbocycles. The third-order valence-electron chi connectivity index (χ3n) is 0.289. The van der Waals surface area contributed by atoms with Crippen molar-refractivity contribution in [3.63, 3.8) is 0 Å². The van der Waals surface area contributed by atoms with Crippen LogP contribution in [-0.4, -0.2) is 16.0 Å². The normalized spacial score (nSPS) is 13.7. The highest BCUT2D eigenvalue weighted by molar-refractivity contribution is 9.47. The van der Waals surface area contributed by atoms with E-state index in [-0.39, 0.29) is 16.0 Å². The molecule has 0 amide bonds. The molecule has 0 heterocycles. The molecule has 0 bridgehead atoms. The van der Waals surface area contributed by atoms with Crippen LogP contribution in [0.5, 0.6) is 0 Å². The van der Waals surface area contributed by atoms with E-state index in [1.807, 2.05) is 0 Å². The molecule has 0 saturated heterocycles. The largest absolute Gasteiger partial charge is 0.560 e. The molecule has 0 nitrogen and oxygen atoms in total. The van der Waals surface area contributed by atoms with Crippen molar-refractivity contribution in [3.05, 3.63) is 6.42 Å². The number of rotatable bonds is 0. The van der Waals surface area contributed by atoms with Crippen molar-refractivity contribution in [1.29, 1.82) is 0 Å². The predicted octanol–water partition coefficient (Wildman–Crippen LogP) is 2.29. The fourth-order valence-corrected chi connectivity index (χ4v) is 0. The lowest BCUT2D eigenvalue weighted by Gasteiger charge is -1.33. The van der Waals surface area contributed by atoms with Crippen LogP contribution in [-0.2, 0) is 0 Å². The molecule has 1 aliphatic carbocycles. The van der Waals surface area contributed by atoms with Crippen LogP contribution in [0.25, 0.3) is 0 Å². The van der Waals surface area contributed by atoms with E-state index in [0.29, 0.717) is 0 Å². The van der Waals surface area contributed by atoms with E-state index in [0.717, 1.165) is 0 Å². The van der Waals surface area contributed by atoms with Crippen molar-refractivity contribution in [2.45, 2.75) is 12.8 Å². The molecule has 6 heavy (non-hydrogen) atoms. The van der Waals surface area contributed by atoms with E-state index in [1.54, 1.807) is 0 Å². The molecule has 0 aromatic carbocycles. The van der Waals surface area contributed by atoms with Crippen LogP contribution in [0.4, 0.5) is 0 Å². The summed E-state index contributed by atoms with van der Waals surface area (Å²) in [5.41, 5.74) is 0. The summed E-state index contributed by atoms with van der Waals surface area (Å²) in [4.78, 5) is 0. The van der Waals surface area contributed by atoms with E-state index in [4.69, 9.17) is 0 Å². The summed E-state index contributed by atoms with van der Waals surface area (Å²) in [5.74, 6) is 0. The van der Waals surface area contributed by atoms with Crippen molar-refractivity contribution in [1.82, 2.24) is 0 Å². The van der Waals surface area contributed by atoms with Crippen LogP contribution >= 0.6 is 25.8 Å². The average Bonchev–Trinajstić information content (AvgIpc) is 2.11. The minimum Gasteiger partial charge on any atom is -0.280 e. The van der Waals surface area contributed by atoms with Crippen LogP contribution in [0.15, 0.2) is 0 Å². The van der Waals surface area contributed by atoms with Crippen molar-refractivity contribution in [3.8, 4) is 0 Å². The van der Waals surface area contributed by atoms with E-state index >= 15 is 0 Å². The fourth-order valence-electron chi connectivity index (χ4n) is 0. The minimum absolute atomic E-state index is 0.0417. The minimum atomic E-state index is 0.0417. The molecule has 1 radical (unpaired) electrons. The van der Waals surface area contributed by atoms with Crippen LogP contribution in [0.2, 0.25) is 0 Å².